The molecule has 0 unspecified atom stereocenters. The Hall–Kier alpha value is -4.19. The summed E-state index contributed by atoms with van der Waals surface area (Å²) in [6, 6.07) is 10.7. The van der Waals surface area contributed by atoms with Gasteiger partial charge in [0.2, 0.25) is 11.3 Å². The molecule has 1 atom stereocenters. The number of carbonyl (C=O) groups excluding carboxylic acids is 1. The minimum atomic E-state index is -4.52. The highest BCUT2D eigenvalue weighted by atomic mass is 19.4. The van der Waals surface area contributed by atoms with Crippen LogP contribution < -0.4 is 21.0 Å². The van der Waals surface area contributed by atoms with Crippen molar-refractivity contribution >= 4 is 17.6 Å². The molecule has 182 valence electrons. The van der Waals surface area contributed by atoms with Gasteiger partial charge in [0, 0.05) is 16.8 Å². The summed E-state index contributed by atoms with van der Waals surface area (Å²) < 4.78 is 50.4. The number of carbonyl (C=O) groups is 1. The van der Waals surface area contributed by atoms with E-state index in [1.807, 2.05) is 38.1 Å². The summed E-state index contributed by atoms with van der Waals surface area (Å²) in [6.07, 6.45) is -3.08. The van der Waals surface area contributed by atoms with Crippen LogP contribution in [0.4, 0.5) is 29.5 Å². The number of hydrogen-bond donors (Lipinski definition) is 3. The quantitative estimate of drug-likeness (QED) is 0.346. The Kier molecular flexibility index (Phi) is 6.56. The van der Waals surface area contributed by atoms with Crippen LogP contribution >= 0.6 is 0 Å². The average Bonchev–Trinajstić information content (AvgIpc) is 3.40. The number of aromatic nitrogens is 3. The molecule has 0 fully saturated rings. The first-order valence-corrected chi connectivity index (χ1v) is 10.5. The normalized spacial score (nSPS) is 12.4. The Labute approximate surface area is 197 Å². The van der Waals surface area contributed by atoms with Crippen molar-refractivity contribution in [1.29, 1.82) is 0 Å². The molecule has 9 nitrogen and oxygen atoms in total. The lowest BCUT2D eigenvalue weighted by atomic mass is 10.00. The Balaban J connectivity index is 1.45. The molecule has 35 heavy (non-hydrogen) atoms. The van der Waals surface area contributed by atoms with Gasteiger partial charge in [0.05, 0.1) is 17.8 Å². The van der Waals surface area contributed by atoms with E-state index in [1.54, 1.807) is 0 Å². The van der Waals surface area contributed by atoms with E-state index >= 15 is 0 Å². The lowest BCUT2D eigenvalue weighted by Gasteiger charge is -2.09. The van der Waals surface area contributed by atoms with Crippen molar-refractivity contribution < 1.29 is 31.7 Å². The van der Waals surface area contributed by atoms with Gasteiger partial charge in [-0.1, -0.05) is 35.5 Å². The molecule has 0 spiro atoms. The van der Waals surface area contributed by atoms with Crippen LogP contribution in [0.25, 0.3) is 11.1 Å². The number of alkyl halides is 3. The average molecular weight is 487 g/mol. The summed E-state index contributed by atoms with van der Waals surface area (Å²) in [5, 5.41) is 12.6. The first-order valence-electron chi connectivity index (χ1n) is 10.5. The highest BCUT2D eigenvalue weighted by Crippen LogP contribution is 2.31. The van der Waals surface area contributed by atoms with Crippen LogP contribution in [0.2, 0.25) is 0 Å². The minimum Gasteiger partial charge on any atom is -0.361 e. The molecule has 0 aliphatic carbocycles. The summed E-state index contributed by atoms with van der Waals surface area (Å²) in [7, 11) is 0. The van der Waals surface area contributed by atoms with Crippen molar-refractivity contribution in [2.75, 3.05) is 17.2 Å². The summed E-state index contributed by atoms with van der Waals surface area (Å²) in [4.78, 5) is 12.2. The smallest absolute Gasteiger partial charge is 0.361 e. The van der Waals surface area contributed by atoms with Crippen molar-refractivity contribution in [3.05, 3.63) is 77.3 Å². The summed E-state index contributed by atoms with van der Waals surface area (Å²) in [5.41, 5.74) is 8.56. The van der Waals surface area contributed by atoms with E-state index in [0.717, 1.165) is 40.3 Å². The molecule has 4 rings (SSSR count). The predicted molar refractivity (Wildman–Crippen MR) is 119 cm³/mol. The number of benzene rings is 2. The van der Waals surface area contributed by atoms with Crippen LogP contribution in [0.15, 0.2) is 63.8 Å². The van der Waals surface area contributed by atoms with Gasteiger partial charge in [0.1, 0.15) is 5.76 Å². The maximum atomic E-state index is 12.9. The molecule has 0 bridgehead atoms. The largest absolute Gasteiger partial charge is 0.416 e. The maximum Gasteiger partial charge on any atom is 0.416 e. The van der Waals surface area contributed by atoms with Crippen LogP contribution in [0.1, 0.15) is 28.6 Å². The zero-order chi connectivity index (χ0) is 25.2. The van der Waals surface area contributed by atoms with Gasteiger partial charge in [0.25, 0.3) is 6.20 Å². The van der Waals surface area contributed by atoms with Crippen LogP contribution in [0.3, 0.4) is 0 Å². The van der Waals surface area contributed by atoms with E-state index in [9.17, 15) is 18.0 Å². The number of halogens is 3. The molecule has 4 aromatic rings. The zero-order valence-corrected chi connectivity index (χ0v) is 18.8. The zero-order valence-electron chi connectivity index (χ0n) is 18.8. The molecular weight excluding hydrogens is 465 g/mol. The molecule has 4 N–H and O–H groups in total. The number of rotatable bonds is 6. The Morgan fingerprint density at radius 2 is 1.86 bits per heavy atom. The molecule has 2 aromatic carbocycles. The van der Waals surface area contributed by atoms with Crippen molar-refractivity contribution in [3.63, 3.8) is 0 Å². The Morgan fingerprint density at radius 1 is 1.11 bits per heavy atom. The van der Waals surface area contributed by atoms with Gasteiger partial charge in [-0.25, -0.2) is 4.79 Å². The van der Waals surface area contributed by atoms with E-state index in [0.29, 0.717) is 0 Å². The fraction of sp³-hybridized carbons (Fsp3) is 0.217. The van der Waals surface area contributed by atoms with E-state index in [1.165, 1.54) is 23.0 Å². The molecule has 2 aromatic heterocycles. The van der Waals surface area contributed by atoms with Crippen LogP contribution in [-0.2, 0) is 6.18 Å². The molecular formula is C23H22F3N6O3+. The number of amides is 2. The topological polar surface area (TPSA) is 123 Å². The lowest BCUT2D eigenvalue weighted by molar-refractivity contribution is -0.775. The SMILES string of the molecule is Cc1noc(C)c1-c1ccc([C@H](CN)[n+]2cc(NC(=O)Nc3cccc(C(F)(F)F)c3)on2)cc1. The fourth-order valence-electron chi connectivity index (χ4n) is 3.67. The van der Waals surface area contributed by atoms with Gasteiger partial charge in [-0.3, -0.25) is 9.84 Å². The van der Waals surface area contributed by atoms with E-state index in [-0.39, 0.29) is 24.2 Å². The second kappa shape index (κ2) is 9.58. The Morgan fingerprint density at radius 3 is 2.49 bits per heavy atom. The first-order chi connectivity index (χ1) is 16.7. The summed E-state index contributed by atoms with van der Waals surface area (Å²) in [6.45, 7) is 3.90. The van der Waals surface area contributed by atoms with Gasteiger partial charge in [-0.2, -0.15) is 13.2 Å². The van der Waals surface area contributed by atoms with Gasteiger partial charge >= 0.3 is 18.1 Å². The highest BCUT2D eigenvalue weighted by Gasteiger charge is 2.30. The fourth-order valence-corrected chi connectivity index (χ4v) is 3.67. The molecule has 0 radical (unpaired) electrons. The number of nitrogens with zero attached hydrogens (tertiary/aromatic N) is 3. The van der Waals surface area contributed by atoms with Gasteiger partial charge < -0.3 is 15.6 Å². The van der Waals surface area contributed by atoms with Crippen LogP contribution in [-0.4, -0.2) is 23.0 Å². The van der Waals surface area contributed by atoms with Crippen molar-refractivity contribution in [1.82, 2.24) is 10.4 Å². The highest BCUT2D eigenvalue weighted by molar-refractivity contribution is 5.98. The van der Waals surface area contributed by atoms with E-state index < -0.39 is 17.8 Å². The van der Waals surface area contributed by atoms with Gasteiger partial charge in [0.15, 0.2) is 0 Å². The second-order valence-electron chi connectivity index (χ2n) is 7.78. The number of aryl methyl sites for hydroxylation is 2. The minimum absolute atomic E-state index is 0.0136. The standard InChI is InChI=1S/C23H21F3N6O3/c1-13-21(14(2)34-30-13)16-8-6-15(7-9-16)19(11-27)32-12-20(35-31-32)29-22(33)28-18-5-3-4-17(10-18)23(24,25)26/h3-10,12,19H,11,27H2,1-2H3,(H-,28,29,31,33)/p+1/t19-/m0/s1. The summed E-state index contributed by atoms with van der Waals surface area (Å²) in [5.74, 6) is 0.705. The van der Waals surface area contributed by atoms with Crippen molar-refractivity contribution in [2.45, 2.75) is 26.1 Å². The van der Waals surface area contributed by atoms with Crippen LogP contribution in [0, 0.1) is 13.8 Å². The number of anilines is 2. The maximum absolute atomic E-state index is 12.9. The molecule has 0 aliphatic heterocycles. The lowest BCUT2D eigenvalue weighted by Crippen LogP contribution is -2.45. The first kappa shape index (κ1) is 24.0. The number of nitrogens with two attached hydrogens (primary N) is 1. The second-order valence-corrected chi connectivity index (χ2v) is 7.78. The predicted octanol–water partition coefficient (Wildman–Crippen LogP) is 4.44. The third-order valence-electron chi connectivity index (χ3n) is 5.33. The van der Waals surface area contributed by atoms with Crippen molar-refractivity contribution in [3.8, 4) is 11.1 Å². The van der Waals surface area contributed by atoms with Crippen LogP contribution in [0.5, 0.6) is 0 Å². The monoisotopic (exact) mass is 487 g/mol. The molecule has 0 aliphatic rings. The van der Waals surface area contributed by atoms with Crippen molar-refractivity contribution in [2.24, 2.45) is 5.73 Å². The molecule has 0 saturated heterocycles. The van der Waals surface area contributed by atoms with Gasteiger partial charge in [-0.15, -0.1) is 0 Å². The third kappa shape index (κ3) is 5.32. The van der Waals surface area contributed by atoms with E-state index in [4.69, 9.17) is 14.8 Å². The Bertz CT molecular complexity index is 1310. The van der Waals surface area contributed by atoms with Gasteiger partial charge in [-0.05, 0) is 42.3 Å². The molecule has 0 saturated carbocycles. The molecule has 2 amide bonds. The number of hydrogen-bond acceptors (Lipinski definition) is 6. The number of nitrogens with one attached hydrogen (secondary N) is 2. The molecule has 12 heteroatoms. The van der Waals surface area contributed by atoms with E-state index in [2.05, 4.69) is 21.1 Å². The molecule has 2 heterocycles. The summed E-state index contributed by atoms with van der Waals surface area (Å²) >= 11 is 0. The third-order valence-corrected chi connectivity index (χ3v) is 5.33. The number of urea groups is 1.